The topological polar surface area (TPSA) is 69.4 Å². The van der Waals surface area contributed by atoms with E-state index in [4.69, 9.17) is 22.1 Å². The van der Waals surface area contributed by atoms with Gasteiger partial charge in [0.2, 0.25) is 0 Å². The third kappa shape index (κ3) is 4.36. The van der Waals surface area contributed by atoms with Crippen molar-refractivity contribution < 1.29 is 13.2 Å². The average molecular weight is 391 g/mol. The van der Waals surface area contributed by atoms with E-state index < -0.39 is 9.84 Å². The summed E-state index contributed by atoms with van der Waals surface area (Å²) in [4.78, 5) is 0.138. The number of hydrogen-bond donors (Lipinski definition) is 1. The van der Waals surface area contributed by atoms with E-state index in [-0.39, 0.29) is 22.3 Å². The number of nitrogen functional groups attached to an aromatic ring is 1. The van der Waals surface area contributed by atoms with E-state index in [1.807, 2.05) is 12.1 Å². The van der Waals surface area contributed by atoms with Crippen molar-refractivity contribution in [2.24, 2.45) is 0 Å². The van der Waals surface area contributed by atoms with Crippen molar-refractivity contribution in [3.8, 4) is 5.75 Å². The highest BCUT2D eigenvalue weighted by atomic mass is 79.9. The van der Waals surface area contributed by atoms with Gasteiger partial charge in [-0.05, 0) is 36.4 Å². The summed E-state index contributed by atoms with van der Waals surface area (Å²) in [6.07, 6.45) is 0. The lowest BCUT2D eigenvalue weighted by atomic mass is 10.3. The van der Waals surface area contributed by atoms with Crippen molar-refractivity contribution in [1.82, 2.24) is 0 Å². The van der Waals surface area contributed by atoms with Gasteiger partial charge in [0.05, 0.1) is 21.4 Å². The summed E-state index contributed by atoms with van der Waals surface area (Å²) < 4.78 is 30.6. The number of anilines is 1. The molecule has 0 heterocycles. The Balaban J connectivity index is 2.03. The van der Waals surface area contributed by atoms with Crippen LogP contribution in [0.2, 0.25) is 5.02 Å². The smallest absolute Gasteiger partial charge is 0.181 e. The van der Waals surface area contributed by atoms with E-state index >= 15 is 0 Å². The van der Waals surface area contributed by atoms with Crippen molar-refractivity contribution in [2.45, 2.75) is 4.90 Å². The first kappa shape index (κ1) is 16.1. The number of hydrogen-bond acceptors (Lipinski definition) is 4. The van der Waals surface area contributed by atoms with E-state index in [1.165, 1.54) is 18.2 Å². The highest BCUT2D eigenvalue weighted by Crippen LogP contribution is 2.23. The fourth-order valence-corrected chi connectivity index (χ4v) is 3.38. The standard InChI is InChI=1S/C14H13BrClNO3S/c15-10-2-1-3-11(8-10)20-6-7-21(18,19)12-4-5-14(17)13(16)9-12/h1-5,8-9H,6-7,17H2. The van der Waals surface area contributed by atoms with Gasteiger partial charge in [0.15, 0.2) is 9.84 Å². The molecule has 0 spiro atoms. The quantitative estimate of drug-likeness (QED) is 0.793. The molecular weight excluding hydrogens is 378 g/mol. The molecule has 2 aromatic carbocycles. The molecule has 7 heteroatoms. The lowest BCUT2D eigenvalue weighted by molar-refractivity contribution is 0.340. The number of nitrogens with two attached hydrogens (primary N) is 1. The molecule has 0 amide bonds. The minimum absolute atomic E-state index is 0.0563. The second kappa shape index (κ2) is 6.68. The van der Waals surface area contributed by atoms with Crippen LogP contribution < -0.4 is 10.5 Å². The van der Waals surface area contributed by atoms with Crippen LogP contribution in [0.5, 0.6) is 5.75 Å². The van der Waals surface area contributed by atoms with E-state index in [2.05, 4.69) is 15.9 Å². The zero-order valence-electron chi connectivity index (χ0n) is 10.9. The normalized spacial score (nSPS) is 11.3. The summed E-state index contributed by atoms with van der Waals surface area (Å²) >= 11 is 9.16. The first-order chi connectivity index (χ1) is 9.88. The van der Waals surface area contributed by atoms with Gasteiger partial charge in [-0.3, -0.25) is 0 Å². The third-order valence-electron chi connectivity index (χ3n) is 2.75. The number of rotatable bonds is 5. The van der Waals surface area contributed by atoms with Crippen molar-refractivity contribution >= 4 is 43.1 Å². The largest absolute Gasteiger partial charge is 0.492 e. The molecule has 4 nitrogen and oxygen atoms in total. The number of benzene rings is 2. The first-order valence-corrected chi connectivity index (χ1v) is 8.87. The van der Waals surface area contributed by atoms with Crippen molar-refractivity contribution in [3.05, 3.63) is 52.0 Å². The Labute approximate surface area is 136 Å². The van der Waals surface area contributed by atoms with E-state index in [9.17, 15) is 8.42 Å². The Morgan fingerprint density at radius 3 is 2.62 bits per heavy atom. The van der Waals surface area contributed by atoms with Gasteiger partial charge in [-0.25, -0.2) is 8.42 Å². The maximum atomic E-state index is 12.2. The Kier molecular flexibility index (Phi) is 5.13. The lowest BCUT2D eigenvalue weighted by Gasteiger charge is -2.08. The Morgan fingerprint density at radius 1 is 1.19 bits per heavy atom. The molecule has 0 aromatic heterocycles. The van der Waals surface area contributed by atoms with Crippen LogP contribution in [0.3, 0.4) is 0 Å². The molecule has 0 unspecified atom stereocenters. The minimum Gasteiger partial charge on any atom is -0.492 e. The Bertz CT molecular complexity index is 750. The van der Waals surface area contributed by atoms with Crippen LogP contribution in [0.1, 0.15) is 0 Å². The molecule has 0 aliphatic heterocycles. The zero-order chi connectivity index (χ0) is 15.5. The fourth-order valence-electron chi connectivity index (χ4n) is 1.65. The summed E-state index contributed by atoms with van der Waals surface area (Å²) in [5, 5.41) is 0.226. The molecule has 0 aliphatic carbocycles. The second-order valence-corrected chi connectivity index (χ2v) is 7.74. The lowest BCUT2D eigenvalue weighted by Crippen LogP contribution is -2.14. The van der Waals surface area contributed by atoms with Crippen LogP contribution in [0.4, 0.5) is 5.69 Å². The molecule has 0 saturated carbocycles. The van der Waals surface area contributed by atoms with Crippen molar-refractivity contribution in [3.63, 3.8) is 0 Å². The van der Waals surface area contributed by atoms with E-state index in [0.29, 0.717) is 11.4 Å². The van der Waals surface area contributed by atoms with E-state index in [0.717, 1.165) is 4.47 Å². The van der Waals surface area contributed by atoms with E-state index in [1.54, 1.807) is 12.1 Å². The second-order valence-electron chi connectivity index (χ2n) is 4.31. The summed E-state index contributed by atoms with van der Waals surface area (Å²) in [5.74, 6) is 0.467. The molecule has 0 fully saturated rings. The van der Waals surface area contributed by atoms with Crippen LogP contribution in [-0.4, -0.2) is 20.8 Å². The van der Waals surface area contributed by atoms with Gasteiger partial charge in [-0.1, -0.05) is 33.6 Å². The summed E-state index contributed by atoms with van der Waals surface area (Å²) in [6.45, 7) is 0.0563. The molecule has 112 valence electrons. The molecule has 2 aromatic rings. The number of sulfone groups is 1. The van der Waals surface area contributed by atoms with Crippen molar-refractivity contribution in [1.29, 1.82) is 0 Å². The molecule has 2 rings (SSSR count). The highest BCUT2D eigenvalue weighted by Gasteiger charge is 2.15. The van der Waals surface area contributed by atoms with Crippen LogP contribution in [0.25, 0.3) is 0 Å². The van der Waals surface area contributed by atoms with Gasteiger partial charge < -0.3 is 10.5 Å². The molecule has 21 heavy (non-hydrogen) atoms. The van der Waals surface area contributed by atoms with Gasteiger partial charge in [-0.15, -0.1) is 0 Å². The SMILES string of the molecule is Nc1ccc(S(=O)(=O)CCOc2cccc(Br)c2)cc1Cl. The molecule has 0 saturated heterocycles. The molecule has 0 atom stereocenters. The fraction of sp³-hybridized carbons (Fsp3) is 0.143. The monoisotopic (exact) mass is 389 g/mol. The maximum absolute atomic E-state index is 12.2. The first-order valence-electron chi connectivity index (χ1n) is 6.04. The van der Waals surface area contributed by atoms with Gasteiger partial charge in [0.25, 0.3) is 0 Å². The summed E-state index contributed by atoms with van der Waals surface area (Å²) in [7, 11) is -3.46. The molecular formula is C14H13BrClNO3S. The van der Waals surface area contributed by atoms with Crippen molar-refractivity contribution in [2.75, 3.05) is 18.1 Å². The summed E-state index contributed by atoms with van der Waals surface area (Å²) in [5.41, 5.74) is 5.91. The van der Waals surface area contributed by atoms with Gasteiger partial charge in [0.1, 0.15) is 12.4 Å². The van der Waals surface area contributed by atoms with Crippen LogP contribution in [0.15, 0.2) is 51.8 Å². The third-order valence-corrected chi connectivity index (χ3v) is 5.24. The molecule has 0 radical (unpaired) electrons. The molecule has 0 bridgehead atoms. The minimum atomic E-state index is -3.46. The average Bonchev–Trinajstić information content (AvgIpc) is 2.41. The number of halogens is 2. The van der Waals surface area contributed by atoms with Crippen LogP contribution >= 0.6 is 27.5 Å². The maximum Gasteiger partial charge on any atom is 0.181 e. The predicted molar refractivity (Wildman–Crippen MR) is 87.6 cm³/mol. The Morgan fingerprint density at radius 2 is 1.95 bits per heavy atom. The Hall–Kier alpha value is -1.24. The molecule has 0 aliphatic rings. The van der Waals surface area contributed by atoms with Crippen LogP contribution in [-0.2, 0) is 9.84 Å². The van der Waals surface area contributed by atoms with Gasteiger partial charge >= 0.3 is 0 Å². The molecule has 2 N–H and O–H groups in total. The number of ether oxygens (including phenoxy) is 1. The zero-order valence-corrected chi connectivity index (χ0v) is 14.1. The highest BCUT2D eigenvalue weighted by molar-refractivity contribution is 9.10. The van der Waals surface area contributed by atoms with Crippen LogP contribution in [0, 0.1) is 0 Å². The summed E-state index contributed by atoms with van der Waals surface area (Å²) in [6, 6.07) is 11.5. The van der Waals surface area contributed by atoms with Gasteiger partial charge in [-0.2, -0.15) is 0 Å². The van der Waals surface area contributed by atoms with Gasteiger partial charge in [0, 0.05) is 4.47 Å². The predicted octanol–water partition coefficient (Wildman–Crippen LogP) is 3.54.